The van der Waals surface area contributed by atoms with Crippen molar-refractivity contribution >= 4 is 50.6 Å². The monoisotopic (exact) mass is 627 g/mol. The summed E-state index contributed by atoms with van der Waals surface area (Å²) in [6.45, 7) is 0. The van der Waals surface area contributed by atoms with E-state index in [1.54, 1.807) is 0 Å². The molecule has 0 aliphatic carbocycles. The molecule has 11 nitrogen and oxygen atoms in total. The van der Waals surface area contributed by atoms with Crippen LogP contribution in [0.2, 0.25) is 0 Å². The Bertz CT molecular complexity index is 1870. The maximum Gasteiger partial charge on any atom is 0.417 e. The Hall–Kier alpha value is -4.13. The fourth-order valence-electron chi connectivity index (χ4n) is 3.44. The summed E-state index contributed by atoms with van der Waals surface area (Å²) in [4.78, 5) is 22.5. The number of thiophene rings is 1. The maximum atomic E-state index is 13.2. The number of carbonyl (C=O) groups excluding carboxylic acids is 1. The first-order valence-corrected chi connectivity index (χ1v) is 15.1. The number of amides is 1. The van der Waals surface area contributed by atoms with Gasteiger partial charge in [-0.25, -0.2) is 13.0 Å². The summed E-state index contributed by atoms with van der Waals surface area (Å²) in [5.74, 6) is -2.21. The van der Waals surface area contributed by atoms with Crippen molar-refractivity contribution in [3.63, 3.8) is 0 Å². The Kier molecular flexibility index (Phi) is 8.03. The summed E-state index contributed by atoms with van der Waals surface area (Å²) < 4.78 is 84.3. The summed E-state index contributed by atoms with van der Waals surface area (Å²) in [5.41, 5.74) is -1.80. The van der Waals surface area contributed by atoms with Gasteiger partial charge in [-0.05, 0) is 66.0 Å². The minimum Gasteiger partial charge on any atom is -0.504 e. The van der Waals surface area contributed by atoms with Crippen LogP contribution >= 0.6 is 18.9 Å². The molecular weight excluding hydrogens is 610 g/mol. The van der Waals surface area contributed by atoms with Crippen LogP contribution in [-0.2, 0) is 20.8 Å². The number of nitriles is 1. The van der Waals surface area contributed by atoms with Gasteiger partial charge in [0.1, 0.15) is 16.2 Å². The van der Waals surface area contributed by atoms with Gasteiger partial charge in [-0.15, -0.1) is 11.3 Å². The van der Waals surface area contributed by atoms with Gasteiger partial charge in [-0.3, -0.25) is 4.79 Å². The molecule has 1 amide bonds. The average molecular weight is 628 g/mol. The Balaban J connectivity index is 1.47. The third-order valence-electron chi connectivity index (χ3n) is 5.37. The highest BCUT2D eigenvalue weighted by atomic mass is 32.2. The van der Waals surface area contributed by atoms with Crippen LogP contribution in [-0.4, -0.2) is 35.7 Å². The van der Waals surface area contributed by atoms with E-state index in [1.165, 1.54) is 36.4 Å². The SMILES string of the molecule is N#Cc1ccc(OP(=O)(O)CNS(=O)(=O)c2cc3cc(NC(=O)c4ccc(O)c(O)c4)ccc3s2)cc1C(F)(F)F. The van der Waals surface area contributed by atoms with Gasteiger partial charge in [0.25, 0.3) is 15.9 Å². The van der Waals surface area contributed by atoms with Crippen LogP contribution in [0, 0.1) is 11.3 Å². The number of hydrogen-bond donors (Lipinski definition) is 5. The summed E-state index contributed by atoms with van der Waals surface area (Å²) in [6, 6.07) is 12.5. The lowest BCUT2D eigenvalue weighted by Gasteiger charge is -2.16. The molecule has 214 valence electrons. The molecule has 0 saturated carbocycles. The molecule has 1 atom stereocenters. The number of nitrogens with one attached hydrogen (secondary N) is 2. The quantitative estimate of drug-likeness (QED) is 0.133. The van der Waals surface area contributed by atoms with Gasteiger partial charge in [-0.1, -0.05) is 0 Å². The zero-order valence-electron chi connectivity index (χ0n) is 20.2. The molecule has 1 aromatic heterocycles. The van der Waals surface area contributed by atoms with Gasteiger partial charge >= 0.3 is 13.8 Å². The Labute approximate surface area is 233 Å². The molecule has 1 heterocycles. The number of alkyl halides is 3. The van der Waals surface area contributed by atoms with Crippen molar-refractivity contribution in [2.24, 2.45) is 0 Å². The molecule has 4 aromatic rings. The van der Waals surface area contributed by atoms with E-state index in [-0.39, 0.29) is 15.5 Å². The second kappa shape index (κ2) is 11.0. The van der Waals surface area contributed by atoms with Crippen molar-refractivity contribution in [2.45, 2.75) is 10.4 Å². The molecule has 0 spiro atoms. The molecule has 3 aromatic carbocycles. The van der Waals surface area contributed by atoms with E-state index < -0.39 is 64.4 Å². The molecule has 41 heavy (non-hydrogen) atoms. The number of rotatable bonds is 8. The first-order valence-electron chi connectivity index (χ1n) is 11.1. The van der Waals surface area contributed by atoms with E-state index in [0.717, 1.165) is 35.6 Å². The average Bonchev–Trinajstić information content (AvgIpc) is 3.33. The number of fused-ring (bicyclic) bond motifs is 1. The van der Waals surface area contributed by atoms with Gasteiger partial charge in [0.05, 0.1) is 17.2 Å². The van der Waals surface area contributed by atoms with Gasteiger partial charge in [0.15, 0.2) is 11.5 Å². The van der Waals surface area contributed by atoms with Crippen molar-refractivity contribution in [2.75, 3.05) is 11.6 Å². The molecule has 5 N–H and O–H groups in total. The number of benzene rings is 3. The van der Waals surface area contributed by atoms with Crippen LogP contribution in [0.15, 0.2) is 64.9 Å². The van der Waals surface area contributed by atoms with Crippen LogP contribution in [0.5, 0.6) is 17.2 Å². The zero-order valence-corrected chi connectivity index (χ0v) is 22.7. The summed E-state index contributed by atoms with van der Waals surface area (Å²) in [5, 5.41) is 30.8. The van der Waals surface area contributed by atoms with Crippen molar-refractivity contribution < 1.29 is 50.6 Å². The van der Waals surface area contributed by atoms with Crippen LogP contribution in [0.25, 0.3) is 10.1 Å². The number of sulfonamides is 1. The molecule has 1 unspecified atom stereocenters. The number of phenols is 2. The first kappa shape index (κ1) is 29.8. The van der Waals surface area contributed by atoms with E-state index in [2.05, 4.69) is 5.32 Å². The number of halogens is 3. The predicted molar refractivity (Wildman–Crippen MR) is 141 cm³/mol. The highest BCUT2D eigenvalue weighted by molar-refractivity contribution is 7.92. The largest absolute Gasteiger partial charge is 0.504 e. The van der Waals surface area contributed by atoms with E-state index in [9.17, 15) is 46.1 Å². The van der Waals surface area contributed by atoms with Gasteiger partial charge in [0.2, 0.25) is 0 Å². The molecule has 0 aliphatic rings. The third-order valence-corrected chi connectivity index (χ3v) is 9.63. The summed E-state index contributed by atoms with van der Waals surface area (Å²) in [7, 11) is -9.22. The van der Waals surface area contributed by atoms with Crippen molar-refractivity contribution in [1.29, 1.82) is 5.26 Å². The molecule has 0 saturated heterocycles. The van der Waals surface area contributed by atoms with E-state index in [1.807, 2.05) is 4.72 Å². The number of phenolic OH excluding ortho intramolecular Hbond substituents is 2. The number of nitrogens with zero attached hydrogens (tertiary/aromatic N) is 1. The van der Waals surface area contributed by atoms with Crippen LogP contribution < -0.4 is 14.6 Å². The summed E-state index contributed by atoms with van der Waals surface area (Å²) >= 11 is 0.803. The molecule has 0 aliphatic heterocycles. The minimum absolute atomic E-state index is 0.0458. The zero-order chi connectivity index (χ0) is 30.2. The normalized spacial score (nSPS) is 13.3. The second-order valence-corrected chi connectivity index (χ2v) is 13.2. The third kappa shape index (κ3) is 6.96. The fraction of sp³-hybridized carbons (Fsp3) is 0.0833. The minimum atomic E-state index is -4.94. The van der Waals surface area contributed by atoms with E-state index in [0.29, 0.717) is 16.2 Å². The fourth-order valence-corrected chi connectivity index (χ4v) is 7.37. The van der Waals surface area contributed by atoms with Crippen LogP contribution in [0.3, 0.4) is 0 Å². The predicted octanol–water partition coefficient (Wildman–Crippen LogP) is 4.96. The second-order valence-electron chi connectivity index (χ2n) is 8.33. The van der Waals surface area contributed by atoms with Crippen molar-refractivity contribution in [1.82, 2.24) is 4.72 Å². The Morgan fingerprint density at radius 2 is 1.78 bits per heavy atom. The maximum absolute atomic E-state index is 13.2. The molecule has 4 rings (SSSR count). The Morgan fingerprint density at radius 1 is 1.05 bits per heavy atom. The van der Waals surface area contributed by atoms with E-state index >= 15 is 0 Å². The number of carbonyl (C=O) groups is 1. The van der Waals surface area contributed by atoms with Gasteiger partial charge < -0.3 is 24.9 Å². The topological polar surface area (TPSA) is 186 Å². The lowest BCUT2D eigenvalue weighted by atomic mass is 10.1. The van der Waals surface area contributed by atoms with Crippen LogP contribution in [0.1, 0.15) is 21.5 Å². The number of aromatic hydroxyl groups is 2. The smallest absolute Gasteiger partial charge is 0.417 e. The Morgan fingerprint density at radius 3 is 2.44 bits per heavy atom. The van der Waals surface area contributed by atoms with E-state index in [4.69, 9.17) is 9.79 Å². The number of anilines is 1. The number of hydrogen-bond acceptors (Lipinski definition) is 9. The van der Waals surface area contributed by atoms with Crippen molar-refractivity contribution in [3.05, 3.63) is 77.4 Å². The lowest BCUT2D eigenvalue weighted by Crippen LogP contribution is -2.25. The molecular formula is C24H17F3N3O8PS2. The molecule has 0 bridgehead atoms. The highest BCUT2D eigenvalue weighted by Crippen LogP contribution is 2.44. The molecule has 0 fully saturated rings. The standard InChI is InChI=1S/C24H17F3N3O8PS2/c25-24(26,27)18-10-17(4-1-14(18)11-28)38-39(34,35)12-29-41(36,37)22-9-15-7-16(3-6-21(15)40-22)30-23(33)13-2-5-19(31)20(32)8-13/h1-10,29,31-32H,12H2,(H,30,33)(H,34,35). The molecule has 17 heteroatoms. The summed E-state index contributed by atoms with van der Waals surface area (Å²) in [6.07, 6.45) is -6.12. The lowest BCUT2D eigenvalue weighted by molar-refractivity contribution is -0.137. The van der Waals surface area contributed by atoms with Gasteiger partial charge in [0, 0.05) is 16.0 Å². The molecule has 0 radical (unpaired) electrons. The van der Waals surface area contributed by atoms with Crippen LogP contribution in [0.4, 0.5) is 18.9 Å². The van der Waals surface area contributed by atoms with Gasteiger partial charge in [-0.2, -0.15) is 23.2 Å². The first-order chi connectivity index (χ1) is 19.1. The van der Waals surface area contributed by atoms with Crippen molar-refractivity contribution in [3.8, 4) is 23.3 Å². The highest BCUT2D eigenvalue weighted by Gasteiger charge is 2.35.